The van der Waals surface area contributed by atoms with Crippen LogP contribution < -0.4 is 0 Å². The zero-order valence-corrected chi connectivity index (χ0v) is 30.3. The minimum Gasteiger partial charge on any atom is -0.299 e. The van der Waals surface area contributed by atoms with Crippen molar-refractivity contribution in [1.29, 1.82) is 0 Å². The predicted octanol–water partition coefficient (Wildman–Crippen LogP) is 12.3. The van der Waals surface area contributed by atoms with Gasteiger partial charge in [-0.15, -0.1) is 0 Å². The Morgan fingerprint density at radius 3 is 1.70 bits per heavy atom. The smallest absolute Gasteiger partial charge is 0.160 e. The lowest BCUT2D eigenvalue weighted by Crippen LogP contribution is -2.25. The summed E-state index contributed by atoms with van der Waals surface area (Å²) in [5.41, 5.74) is 18.8. The van der Waals surface area contributed by atoms with Crippen molar-refractivity contribution in [3.8, 4) is 67.4 Å². The van der Waals surface area contributed by atoms with Gasteiger partial charge in [-0.3, -0.25) is 4.40 Å². The first-order chi connectivity index (χ1) is 27.8. The normalized spacial score (nSPS) is 13.1. The van der Waals surface area contributed by atoms with Gasteiger partial charge in [0.1, 0.15) is 5.65 Å². The topological polar surface area (TPSA) is 43.1 Å². The molecule has 2 aliphatic carbocycles. The van der Waals surface area contributed by atoms with Gasteiger partial charge in [-0.2, -0.15) is 0 Å². The van der Waals surface area contributed by atoms with Crippen LogP contribution in [0.25, 0.3) is 84.0 Å². The Morgan fingerprint density at radius 2 is 0.964 bits per heavy atom. The summed E-state index contributed by atoms with van der Waals surface area (Å²) in [7, 11) is 0. The van der Waals surface area contributed by atoms with Crippen LogP contribution in [0, 0.1) is 0 Å². The number of pyridine rings is 1. The van der Waals surface area contributed by atoms with Crippen molar-refractivity contribution in [3.05, 3.63) is 217 Å². The third kappa shape index (κ3) is 4.27. The summed E-state index contributed by atoms with van der Waals surface area (Å²) < 4.78 is 2.18. The van der Waals surface area contributed by atoms with E-state index in [0.717, 1.165) is 55.9 Å². The van der Waals surface area contributed by atoms with Crippen molar-refractivity contribution in [2.45, 2.75) is 5.41 Å². The highest BCUT2D eigenvalue weighted by Gasteiger charge is 2.51. The Morgan fingerprint density at radius 1 is 0.375 bits per heavy atom. The average Bonchev–Trinajstić information content (AvgIpc) is 3.91. The summed E-state index contributed by atoms with van der Waals surface area (Å²) in [5, 5.41) is 1.01. The summed E-state index contributed by atoms with van der Waals surface area (Å²) in [6, 6.07) is 67.3. The first-order valence-corrected chi connectivity index (χ1v) is 19.1. The first-order valence-electron chi connectivity index (χ1n) is 19.1. The van der Waals surface area contributed by atoms with Crippen LogP contribution in [-0.2, 0) is 5.41 Å². The molecule has 4 heteroatoms. The fourth-order valence-corrected chi connectivity index (χ4v) is 9.54. The molecular weight excluding hydrogens is 681 g/mol. The third-order valence-electron chi connectivity index (χ3n) is 11.8. The third-order valence-corrected chi connectivity index (χ3v) is 11.8. The molecule has 260 valence electrons. The van der Waals surface area contributed by atoms with Crippen LogP contribution in [0.2, 0.25) is 0 Å². The van der Waals surface area contributed by atoms with E-state index in [9.17, 15) is 0 Å². The average molecular weight is 713 g/mol. The maximum absolute atomic E-state index is 5.44. The molecule has 7 aromatic carbocycles. The number of imidazole rings is 1. The van der Waals surface area contributed by atoms with Gasteiger partial charge >= 0.3 is 0 Å². The zero-order chi connectivity index (χ0) is 36.8. The molecule has 56 heavy (non-hydrogen) atoms. The molecule has 4 nitrogen and oxygen atoms in total. The molecule has 10 aromatic rings. The van der Waals surface area contributed by atoms with Crippen LogP contribution in [0.1, 0.15) is 22.3 Å². The molecule has 3 aromatic heterocycles. The Hall–Kier alpha value is -7.43. The quantitative estimate of drug-likeness (QED) is 0.182. The molecule has 0 fully saturated rings. The number of rotatable bonds is 4. The van der Waals surface area contributed by atoms with Crippen molar-refractivity contribution in [1.82, 2.24) is 19.4 Å². The lowest BCUT2D eigenvalue weighted by Gasteiger charge is -2.30. The van der Waals surface area contributed by atoms with Crippen LogP contribution in [0.3, 0.4) is 0 Å². The van der Waals surface area contributed by atoms with E-state index in [1.165, 1.54) is 44.5 Å². The van der Waals surface area contributed by atoms with Crippen molar-refractivity contribution < 1.29 is 0 Å². The van der Waals surface area contributed by atoms with Crippen LogP contribution in [0.4, 0.5) is 0 Å². The Labute approximate surface area is 324 Å². The number of aromatic nitrogens is 4. The van der Waals surface area contributed by atoms with Crippen molar-refractivity contribution in [2.24, 2.45) is 0 Å². The molecule has 1 spiro atoms. The Balaban J connectivity index is 1.06. The number of fused-ring (bicyclic) bond motifs is 12. The second-order valence-corrected chi connectivity index (χ2v) is 14.7. The van der Waals surface area contributed by atoms with E-state index in [-0.39, 0.29) is 0 Å². The zero-order valence-electron chi connectivity index (χ0n) is 30.3. The van der Waals surface area contributed by atoms with Gasteiger partial charge < -0.3 is 0 Å². The molecule has 2 aliphatic rings. The monoisotopic (exact) mass is 712 g/mol. The molecule has 0 bridgehead atoms. The van der Waals surface area contributed by atoms with Gasteiger partial charge in [-0.1, -0.05) is 158 Å². The fourth-order valence-electron chi connectivity index (χ4n) is 9.54. The highest BCUT2D eigenvalue weighted by molar-refractivity contribution is 5.97. The highest BCUT2D eigenvalue weighted by Crippen LogP contribution is 2.63. The van der Waals surface area contributed by atoms with Crippen LogP contribution in [0.5, 0.6) is 0 Å². The van der Waals surface area contributed by atoms with E-state index in [1.807, 2.05) is 6.07 Å². The van der Waals surface area contributed by atoms with E-state index >= 15 is 0 Å². The summed E-state index contributed by atoms with van der Waals surface area (Å²) in [4.78, 5) is 15.9. The number of para-hydroxylation sites is 1. The number of hydrogen-bond acceptors (Lipinski definition) is 3. The molecule has 0 unspecified atom stereocenters. The number of benzene rings is 7. The molecule has 0 amide bonds. The first kappa shape index (κ1) is 31.0. The molecular formula is C52H32N4. The molecule has 12 rings (SSSR count). The van der Waals surface area contributed by atoms with Gasteiger partial charge in [0.05, 0.1) is 28.0 Å². The van der Waals surface area contributed by atoms with Gasteiger partial charge in [-0.05, 0) is 74.8 Å². The van der Waals surface area contributed by atoms with Gasteiger partial charge in [0.15, 0.2) is 5.82 Å². The maximum atomic E-state index is 5.44. The minimum absolute atomic E-state index is 0.437. The lowest BCUT2D eigenvalue weighted by atomic mass is 9.70. The number of nitrogens with zero attached hydrogens (tertiary/aromatic N) is 4. The van der Waals surface area contributed by atoms with Crippen LogP contribution in [-0.4, -0.2) is 19.4 Å². The fraction of sp³-hybridized carbons (Fsp3) is 0.0192. The molecule has 0 saturated carbocycles. The largest absolute Gasteiger partial charge is 0.299 e. The standard InChI is InChI=1S/C52H32N4/c1-2-15-33(16-3-1)50-49(54-47-27-12-13-30-56(47)50)35-18-14-17-34(31-35)48-41-22-7-11-26-46(41)53-51(55-48)36-28-29-40-39-21-6-10-25-44(39)52(45(40)32-36)42-23-8-4-19-37(42)38-20-5-9-24-43(38)52/h1-32H. The van der Waals surface area contributed by atoms with E-state index in [1.54, 1.807) is 0 Å². The van der Waals surface area contributed by atoms with Gasteiger partial charge in [0.25, 0.3) is 0 Å². The van der Waals surface area contributed by atoms with Crippen molar-refractivity contribution in [2.75, 3.05) is 0 Å². The SMILES string of the molecule is c1ccc(-c2c(-c3cccc(-c4nc(-c5ccc6c(c5)C5(c7ccccc7-c7ccccc75)c5ccccc5-6)nc5ccccc45)c3)nc3ccccn23)cc1. The van der Waals surface area contributed by atoms with E-state index < -0.39 is 5.41 Å². The van der Waals surface area contributed by atoms with E-state index in [4.69, 9.17) is 15.0 Å². The molecule has 0 atom stereocenters. The highest BCUT2D eigenvalue weighted by atomic mass is 15.0. The summed E-state index contributed by atoms with van der Waals surface area (Å²) >= 11 is 0. The van der Waals surface area contributed by atoms with Crippen LogP contribution in [0.15, 0.2) is 194 Å². The molecule has 0 N–H and O–H groups in total. The van der Waals surface area contributed by atoms with E-state index in [2.05, 4.69) is 193 Å². The van der Waals surface area contributed by atoms with E-state index in [0.29, 0.717) is 5.82 Å². The Kier molecular flexibility index (Phi) is 6.52. The Bertz CT molecular complexity index is 3150. The van der Waals surface area contributed by atoms with Gasteiger partial charge in [-0.25, -0.2) is 15.0 Å². The molecule has 3 heterocycles. The van der Waals surface area contributed by atoms with Gasteiger partial charge in [0.2, 0.25) is 0 Å². The molecule has 0 saturated heterocycles. The molecule has 0 radical (unpaired) electrons. The van der Waals surface area contributed by atoms with Gasteiger partial charge in [0, 0.05) is 33.8 Å². The summed E-state index contributed by atoms with van der Waals surface area (Å²) in [5.74, 6) is 0.704. The predicted molar refractivity (Wildman–Crippen MR) is 226 cm³/mol. The second kappa shape index (κ2) is 11.8. The van der Waals surface area contributed by atoms with Crippen molar-refractivity contribution in [3.63, 3.8) is 0 Å². The molecule has 0 aliphatic heterocycles. The van der Waals surface area contributed by atoms with Crippen molar-refractivity contribution >= 4 is 16.6 Å². The number of hydrogen-bond donors (Lipinski definition) is 0. The summed E-state index contributed by atoms with van der Waals surface area (Å²) in [6.07, 6.45) is 2.09. The minimum atomic E-state index is -0.437. The lowest BCUT2D eigenvalue weighted by molar-refractivity contribution is 0.794. The van der Waals surface area contributed by atoms with Crippen LogP contribution >= 0.6 is 0 Å². The maximum Gasteiger partial charge on any atom is 0.160 e. The summed E-state index contributed by atoms with van der Waals surface area (Å²) in [6.45, 7) is 0. The second-order valence-electron chi connectivity index (χ2n) is 14.7.